The third-order valence-corrected chi connectivity index (χ3v) is 2.64. The molecule has 0 aromatic heterocycles. The van der Waals surface area contributed by atoms with Crippen molar-refractivity contribution in [2.75, 3.05) is 0 Å². The fourth-order valence-corrected chi connectivity index (χ4v) is 1.75. The highest BCUT2D eigenvalue weighted by Gasteiger charge is 2.38. The number of hydrogen-bond acceptors (Lipinski definition) is 0. The van der Waals surface area contributed by atoms with Crippen LogP contribution in [0.2, 0.25) is 0 Å². The van der Waals surface area contributed by atoms with Gasteiger partial charge in [0.25, 0.3) is 0 Å². The zero-order chi connectivity index (χ0) is 13.2. The van der Waals surface area contributed by atoms with Crippen LogP contribution in [-0.2, 0) is 6.18 Å². The van der Waals surface area contributed by atoms with Crippen molar-refractivity contribution in [3.05, 3.63) is 34.9 Å². The van der Waals surface area contributed by atoms with E-state index in [1.807, 2.05) is 6.92 Å². The lowest BCUT2D eigenvalue weighted by Crippen LogP contribution is -2.12. The van der Waals surface area contributed by atoms with Gasteiger partial charge in [-0.1, -0.05) is 20.3 Å². The molecule has 0 saturated carbocycles. The average molecular weight is 252 g/mol. The molecule has 1 atom stereocenters. The van der Waals surface area contributed by atoms with Gasteiger partial charge in [0.1, 0.15) is 17.2 Å². The Kier molecular flexibility index (Phi) is 4.11. The summed E-state index contributed by atoms with van der Waals surface area (Å²) in [5, 5.41) is 0. The Hall–Kier alpha value is -1.13. The van der Waals surface area contributed by atoms with E-state index in [1.165, 1.54) is 0 Å². The van der Waals surface area contributed by atoms with Gasteiger partial charge >= 0.3 is 6.18 Å². The highest BCUT2D eigenvalue weighted by Crippen LogP contribution is 2.35. The molecule has 0 nitrogen and oxygen atoms in total. The van der Waals surface area contributed by atoms with E-state index < -0.39 is 23.4 Å². The first-order valence-corrected chi connectivity index (χ1v) is 5.33. The highest BCUT2D eigenvalue weighted by molar-refractivity contribution is 5.30. The van der Waals surface area contributed by atoms with Crippen molar-refractivity contribution in [1.29, 1.82) is 0 Å². The zero-order valence-electron chi connectivity index (χ0n) is 9.54. The number of benzene rings is 1. The van der Waals surface area contributed by atoms with Gasteiger partial charge in [-0.15, -0.1) is 0 Å². The maximum absolute atomic E-state index is 13.2. The van der Waals surface area contributed by atoms with Crippen molar-refractivity contribution in [2.24, 2.45) is 0 Å². The van der Waals surface area contributed by atoms with Crippen LogP contribution in [0, 0.1) is 11.6 Å². The van der Waals surface area contributed by atoms with Gasteiger partial charge in [0.2, 0.25) is 0 Å². The van der Waals surface area contributed by atoms with Crippen LogP contribution in [0.5, 0.6) is 0 Å². The minimum atomic E-state index is -5.00. The van der Waals surface area contributed by atoms with Gasteiger partial charge in [0.15, 0.2) is 0 Å². The number of hydrogen-bond donors (Lipinski definition) is 0. The molecule has 5 heteroatoms. The van der Waals surface area contributed by atoms with Crippen molar-refractivity contribution in [3.63, 3.8) is 0 Å². The SMILES string of the molecule is CCCC(C)c1cc(F)c(C(F)(F)F)c(F)c1. The molecule has 0 saturated heterocycles. The standard InChI is InChI=1S/C12H13F5/c1-3-4-7(2)8-5-9(13)11(10(14)6-8)12(15,16)17/h5-7H,3-4H2,1-2H3. The minimum Gasteiger partial charge on any atom is -0.206 e. The molecule has 1 aromatic carbocycles. The van der Waals surface area contributed by atoms with E-state index >= 15 is 0 Å². The molecule has 0 aliphatic heterocycles. The van der Waals surface area contributed by atoms with Crippen molar-refractivity contribution < 1.29 is 22.0 Å². The molecular formula is C12H13F5. The molecule has 0 radical (unpaired) electrons. The van der Waals surface area contributed by atoms with Crippen LogP contribution in [0.4, 0.5) is 22.0 Å². The van der Waals surface area contributed by atoms with Crippen LogP contribution in [0.15, 0.2) is 12.1 Å². The van der Waals surface area contributed by atoms with Gasteiger partial charge in [-0.05, 0) is 30.0 Å². The summed E-state index contributed by atoms with van der Waals surface area (Å²) in [6.45, 7) is 3.62. The molecule has 0 fully saturated rings. The van der Waals surface area contributed by atoms with Crippen LogP contribution in [0.25, 0.3) is 0 Å². The summed E-state index contributed by atoms with van der Waals surface area (Å²) in [6, 6.07) is 1.54. The Morgan fingerprint density at radius 1 is 1.12 bits per heavy atom. The second kappa shape index (κ2) is 5.02. The Balaban J connectivity index is 3.18. The molecule has 96 valence electrons. The molecular weight excluding hydrogens is 239 g/mol. The maximum Gasteiger partial charge on any atom is 0.422 e. The van der Waals surface area contributed by atoms with E-state index in [0.29, 0.717) is 6.42 Å². The second-order valence-electron chi connectivity index (χ2n) is 4.05. The predicted octanol–water partition coefficient (Wildman–Crippen LogP) is 4.89. The van der Waals surface area contributed by atoms with Gasteiger partial charge in [-0.25, -0.2) is 8.78 Å². The lowest BCUT2D eigenvalue weighted by Gasteiger charge is -2.14. The summed E-state index contributed by atoms with van der Waals surface area (Å²) < 4.78 is 63.4. The Morgan fingerprint density at radius 3 is 1.94 bits per heavy atom. The summed E-state index contributed by atoms with van der Waals surface area (Å²) in [5.74, 6) is -3.25. The third kappa shape index (κ3) is 3.17. The normalized spacial score (nSPS) is 13.8. The van der Waals surface area contributed by atoms with Crippen LogP contribution >= 0.6 is 0 Å². The molecule has 0 N–H and O–H groups in total. The van der Waals surface area contributed by atoms with Crippen LogP contribution in [0.1, 0.15) is 43.7 Å². The Labute approximate surface area is 96.4 Å². The molecule has 17 heavy (non-hydrogen) atoms. The molecule has 0 aliphatic rings. The molecule has 0 heterocycles. The van der Waals surface area contributed by atoms with E-state index in [2.05, 4.69) is 0 Å². The van der Waals surface area contributed by atoms with Crippen molar-refractivity contribution in [3.8, 4) is 0 Å². The number of alkyl halides is 3. The van der Waals surface area contributed by atoms with Crippen molar-refractivity contribution in [1.82, 2.24) is 0 Å². The molecule has 1 rings (SSSR count). The molecule has 1 unspecified atom stereocenters. The van der Waals surface area contributed by atoms with Crippen LogP contribution in [-0.4, -0.2) is 0 Å². The van der Waals surface area contributed by atoms with Gasteiger partial charge in [0, 0.05) is 0 Å². The molecule has 0 spiro atoms. The first-order chi connectivity index (χ1) is 7.77. The van der Waals surface area contributed by atoms with E-state index in [1.54, 1.807) is 6.92 Å². The molecule has 0 aliphatic carbocycles. The van der Waals surface area contributed by atoms with Crippen molar-refractivity contribution in [2.45, 2.75) is 38.8 Å². The lowest BCUT2D eigenvalue weighted by atomic mass is 9.95. The van der Waals surface area contributed by atoms with E-state index in [4.69, 9.17) is 0 Å². The predicted molar refractivity (Wildman–Crippen MR) is 54.7 cm³/mol. The fourth-order valence-electron chi connectivity index (χ4n) is 1.75. The van der Waals surface area contributed by atoms with E-state index in [-0.39, 0.29) is 11.5 Å². The third-order valence-electron chi connectivity index (χ3n) is 2.64. The van der Waals surface area contributed by atoms with Gasteiger partial charge in [-0.3, -0.25) is 0 Å². The maximum atomic E-state index is 13.2. The highest BCUT2D eigenvalue weighted by atomic mass is 19.4. The average Bonchev–Trinajstić information content (AvgIpc) is 2.14. The largest absolute Gasteiger partial charge is 0.422 e. The number of halogens is 5. The van der Waals surface area contributed by atoms with Gasteiger partial charge in [0.05, 0.1) is 0 Å². The monoisotopic (exact) mass is 252 g/mol. The summed E-state index contributed by atoms with van der Waals surface area (Å²) in [7, 11) is 0. The molecule has 1 aromatic rings. The molecule has 0 amide bonds. The lowest BCUT2D eigenvalue weighted by molar-refractivity contribution is -0.142. The van der Waals surface area contributed by atoms with Gasteiger partial charge < -0.3 is 0 Å². The fraction of sp³-hybridized carbons (Fsp3) is 0.500. The zero-order valence-corrected chi connectivity index (χ0v) is 9.54. The Bertz CT molecular complexity index is 371. The van der Waals surface area contributed by atoms with E-state index in [9.17, 15) is 22.0 Å². The summed E-state index contributed by atoms with van der Waals surface area (Å²) in [4.78, 5) is 0. The second-order valence-corrected chi connectivity index (χ2v) is 4.05. The summed E-state index contributed by atoms with van der Waals surface area (Å²) in [6.07, 6.45) is -3.53. The summed E-state index contributed by atoms with van der Waals surface area (Å²) >= 11 is 0. The van der Waals surface area contributed by atoms with Gasteiger partial charge in [-0.2, -0.15) is 13.2 Å². The number of rotatable bonds is 3. The smallest absolute Gasteiger partial charge is 0.206 e. The first-order valence-electron chi connectivity index (χ1n) is 5.33. The Morgan fingerprint density at radius 2 is 1.59 bits per heavy atom. The quantitative estimate of drug-likeness (QED) is 0.672. The van der Waals surface area contributed by atoms with Crippen LogP contribution < -0.4 is 0 Å². The topological polar surface area (TPSA) is 0 Å². The van der Waals surface area contributed by atoms with Crippen molar-refractivity contribution >= 4 is 0 Å². The van der Waals surface area contributed by atoms with Crippen LogP contribution in [0.3, 0.4) is 0 Å². The summed E-state index contributed by atoms with van der Waals surface area (Å²) in [5.41, 5.74) is -1.56. The van der Waals surface area contributed by atoms with E-state index in [0.717, 1.165) is 18.6 Å². The first kappa shape index (κ1) is 13.9. The minimum absolute atomic E-state index is 0.161. The molecule has 0 bridgehead atoms.